The molecule has 2 fully saturated rings. The van der Waals surface area contributed by atoms with Crippen LogP contribution in [0.4, 0.5) is 4.79 Å². The van der Waals surface area contributed by atoms with Crippen LogP contribution in [0.25, 0.3) is 0 Å². The Balaban J connectivity index is 1.47. The normalized spacial score (nSPS) is 20.1. The van der Waals surface area contributed by atoms with Crippen LogP contribution in [0.3, 0.4) is 0 Å². The number of thioether (sulfide) groups is 1. The average molecular weight is 370 g/mol. The number of piperidine rings is 1. The lowest BCUT2D eigenvalue weighted by Crippen LogP contribution is -2.55. The van der Waals surface area contributed by atoms with Crippen LogP contribution < -0.4 is 0 Å². The van der Waals surface area contributed by atoms with E-state index in [0.29, 0.717) is 26.2 Å². The summed E-state index contributed by atoms with van der Waals surface area (Å²) >= 11 is 2.89. The molecule has 132 valence electrons. The minimum atomic E-state index is -0.178. The number of nitrogens with zero attached hydrogens (tertiary/aromatic N) is 5. The molecule has 2 aliphatic heterocycles. The average Bonchev–Trinajstić information content (AvgIpc) is 3.14. The second-order valence-electron chi connectivity index (χ2n) is 6.11. The molecule has 3 heterocycles. The molecular weight excluding hydrogens is 346 g/mol. The van der Waals surface area contributed by atoms with Crippen LogP contribution in [0, 0.1) is 0 Å². The zero-order chi connectivity index (χ0) is 16.9. The van der Waals surface area contributed by atoms with Gasteiger partial charge in [0.1, 0.15) is 5.51 Å². The summed E-state index contributed by atoms with van der Waals surface area (Å²) < 4.78 is 0.815. The quantitative estimate of drug-likeness (QED) is 0.760. The van der Waals surface area contributed by atoms with Crippen LogP contribution in [0.5, 0.6) is 0 Å². The lowest BCUT2D eigenvalue weighted by molar-refractivity contribution is -0.131. The lowest BCUT2D eigenvalue weighted by atomic mass is 10.1. The maximum Gasteiger partial charge on any atom is 0.320 e. The molecule has 0 aliphatic carbocycles. The van der Waals surface area contributed by atoms with Gasteiger partial charge in [-0.3, -0.25) is 4.79 Å². The second kappa shape index (κ2) is 8.15. The standard InChI is InChI=1S/C15H23N5O2S2/c1-12(24-14-17-16-11-23-14)13(21)18-7-9-20(10-8-18)15(22)19-5-3-2-4-6-19/h11-12H,2-10H2,1H3. The zero-order valence-electron chi connectivity index (χ0n) is 13.9. The molecule has 1 atom stereocenters. The van der Waals surface area contributed by atoms with Crippen molar-refractivity contribution in [2.24, 2.45) is 0 Å². The van der Waals surface area contributed by atoms with Gasteiger partial charge in [0.2, 0.25) is 5.91 Å². The molecule has 2 saturated heterocycles. The largest absolute Gasteiger partial charge is 0.338 e. The molecule has 9 heteroatoms. The maximum atomic E-state index is 12.6. The van der Waals surface area contributed by atoms with Crippen LogP contribution in [-0.4, -0.2) is 81.4 Å². The second-order valence-corrected chi connectivity index (χ2v) is 8.53. The van der Waals surface area contributed by atoms with E-state index >= 15 is 0 Å². The van der Waals surface area contributed by atoms with E-state index in [1.165, 1.54) is 29.5 Å². The lowest BCUT2D eigenvalue weighted by Gasteiger charge is -2.39. The highest BCUT2D eigenvalue weighted by Gasteiger charge is 2.30. The van der Waals surface area contributed by atoms with Gasteiger partial charge < -0.3 is 14.7 Å². The van der Waals surface area contributed by atoms with Crippen molar-refractivity contribution in [1.82, 2.24) is 24.9 Å². The summed E-state index contributed by atoms with van der Waals surface area (Å²) in [4.78, 5) is 30.8. The number of aromatic nitrogens is 2. The molecule has 3 amide bonds. The predicted molar refractivity (Wildman–Crippen MR) is 94.2 cm³/mol. The summed E-state index contributed by atoms with van der Waals surface area (Å²) in [6.07, 6.45) is 3.42. The summed E-state index contributed by atoms with van der Waals surface area (Å²) in [6.45, 7) is 6.11. The molecule has 0 aromatic carbocycles. The van der Waals surface area contributed by atoms with Gasteiger partial charge in [-0.15, -0.1) is 10.2 Å². The van der Waals surface area contributed by atoms with Crippen molar-refractivity contribution >= 4 is 35.0 Å². The third-order valence-electron chi connectivity index (χ3n) is 4.45. The van der Waals surface area contributed by atoms with Gasteiger partial charge in [0.15, 0.2) is 4.34 Å². The molecule has 1 aromatic rings. The summed E-state index contributed by atoms with van der Waals surface area (Å²) in [5, 5.41) is 7.59. The van der Waals surface area contributed by atoms with E-state index in [-0.39, 0.29) is 17.2 Å². The van der Waals surface area contributed by atoms with Gasteiger partial charge in [0, 0.05) is 39.3 Å². The third kappa shape index (κ3) is 4.18. The van der Waals surface area contributed by atoms with Crippen molar-refractivity contribution < 1.29 is 9.59 Å². The molecule has 0 spiro atoms. The fourth-order valence-corrected chi connectivity index (χ4v) is 4.79. The molecule has 0 radical (unpaired) electrons. The molecule has 1 unspecified atom stereocenters. The molecule has 0 saturated carbocycles. The first kappa shape index (κ1) is 17.5. The first-order chi connectivity index (χ1) is 11.6. The van der Waals surface area contributed by atoms with Crippen LogP contribution in [0.2, 0.25) is 0 Å². The van der Waals surface area contributed by atoms with Gasteiger partial charge in [0.25, 0.3) is 0 Å². The number of carbonyl (C=O) groups is 2. The summed E-state index contributed by atoms with van der Waals surface area (Å²) in [6, 6.07) is 0.137. The number of urea groups is 1. The summed E-state index contributed by atoms with van der Waals surface area (Å²) in [5.41, 5.74) is 1.67. The van der Waals surface area contributed by atoms with Crippen molar-refractivity contribution in [3.63, 3.8) is 0 Å². The molecule has 2 aliphatic rings. The number of hydrogen-bond acceptors (Lipinski definition) is 6. The maximum absolute atomic E-state index is 12.6. The van der Waals surface area contributed by atoms with E-state index in [1.807, 2.05) is 21.6 Å². The van der Waals surface area contributed by atoms with Gasteiger partial charge >= 0.3 is 6.03 Å². The topological polar surface area (TPSA) is 69.6 Å². The number of hydrogen-bond donors (Lipinski definition) is 0. The molecule has 1 aromatic heterocycles. The third-order valence-corrected chi connectivity index (χ3v) is 6.35. The number of rotatable bonds is 3. The van der Waals surface area contributed by atoms with Crippen molar-refractivity contribution in [2.75, 3.05) is 39.3 Å². The Bertz CT molecular complexity index is 554. The smallest absolute Gasteiger partial charge is 0.320 e. The van der Waals surface area contributed by atoms with Crippen LogP contribution in [0.1, 0.15) is 26.2 Å². The summed E-state index contributed by atoms with van der Waals surface area (Å²) in [5.74, 6) is 0.111. The Morgan fingerprint density at radius 2 is 1.67 bits per heavy atom. The van der Waals surface area contributed by atoms with Gasteiger partial charge in [-0.25, -0.2) is 4.79 Å². The molecule has 24 heavy (non-hydrogen) atoms. The number of amides is 3. The minimum absolute atomic E-state index is 0.111. The molecule has 3 rings (SSSR count). The first-order valence-electron chi connectivity index (χ1n) is 8.40. The highest BCUT2D eigenvalue weighted by atomic mass is 32.2. The fourth-order valence-electron chi connectivity index (χ4n) is 3.08. The van der Waals surface area contributed by atoms with Crippen LogP contribution in [-0.2, 0) is 4.79 Å². The van der Waals surface area contributed by atoms with Gasteiger partial charge in [-0.1, -0.05) is 23.1 Å². The predicted octanol–water partition coefficient (Wildman–Crippen LogP) is 1.77. The van der Waals surface area contributed by atoms with E-state index in [4.69, 9.17) is 0 Å². The van der Waals surface area contributed by atoms with Crippen LogP contribution >= 0.6 is 23.1 Å². The molecule has 0 bridgehead atoms. The Hall–Kier alpha value is -1.35. The van der Waals surface area contributed by atoms with Gasteiger partial charge in [0.05, 0.1) is 5.25 Å². The van der Waals surface area contributed by atoms with E-state index in [9.17, 15) is 9.59 Å². The van der Waals surface area contributed by atoms with Crippen molar-refractivity contribution in [2.45, 2.75) is 35.8 Å². The van der Waals surface area contributed by atoms with E-state index in [0.717, 1.165) is 30.3 Å². The van der Waals surface area contributed by atoms with Crippen molar-refractivity contribution in [3.05, 3.63) is 5.51 Å². The Labute approximate surface area is 150 Å². The first-order valence-corrected chi connectivity index (χ1v) is 10.2. The van der Waals surface area contributed by atoms with E-state index < -0.39 is 0 Å². The van der Waals surface area contributed by atoms with Gasteiger partial charge in [-0.2, -0.15) is 0 Å². The van der Waals surface area contributed by atoms with E-state index in [1.54, 1.807) is 5.51 Å². The molecular formula is C15H23N5O2S2. The van der Waals surface area contributed by atoms with Gasteiger partial charge in [-0.05, 0) is 26.2 Å². The Morgan fingerprint density at radius 3 is 2.29 bits per heavy atom. The molecule has 7 nitrogen and oxygen atoms in total. The van der Waals surface area contributed by atoms with Crippen molar-refractivity contribution in [3.8, 4) is 0 Å². The fraction of sp³-hybridized carbons (Fsp3) is 0.733. The number of likely N-dealkylation sites (tertiary alicyclic amines) is 1. The SMILES string of the molecule is CC(Sc1nncs1)C(=O)N1CCN(C(=O)N2CCCCC2)CC1. The van der Waals surface area contributed by atoms with Crippen molar-refractivity contribution in [1.29, 1.82) is 0 Å². The number of piperazine rings is 1. The highest BCUT2D eigenvalue weighted by Crippen LogP contribution is 2.25. The Kier molecular flexibility index (Phi) is 5.94. The van der Waals surface area contributed by atoms with Crippen LogP contribution in [0.15, 0.2) is 9.85 Å². The minimum Gasteiger partial charge on any atom is -0.338 e. The number of carbonyl (C=O) groups excluding carboxylic acids is 2. The Morgan fingerprint density at radius 1 is 1.04 bits per heavy atom. The summed E-state index contributed by atoms with van der Waals surface area (Å²) in [7, 11) is 0. The zero-order valence-corrected chi connectivity index (χ0v) is 15.5. The monoisotopic (exact) mass is 369 g/mol. The highest BCUT2D eigenvalue weighted by molar-refractivity contribution is 8.02. The van der Waals surface area contributed by atoms with E-state index in [2.05, 4.69) is 10.2 Å². The molecule has 0 N–H and O–H groups in total.